The molecule has 5 nitrogen and oxygen atoms in total. The van der Waals surface area contributed by atoms with Crippen molar-refractivity contribution >= 4 is 35.0 Å². The van der Waals surface area contributed by atoms with Crippen LogP contribution in [-0.2, 0) is 11.2 Å². The largest absolute Gasteiger partial charge is 0.416 e. The number of hydrogen-bond donors (Lipinski definition) is 1. The highest BCUT2D eigenvalue weighted by Crippen LogP contribution is 2.19. The molecule has 1 N–H and O–H groups in total. The van der Waals surface area contributed by atoms with Crippen molar-refractivity contribution in [1.29, 1.82) is 0 Å². The van der Waals surface area contributed by atoms with Crippen molar-refractivity contribution in [3.05, 3.63) is 71.1 Å². The Morgan fingerprint density at radius 1 is 1.12 bits per heavy atom. The Kier molecular flexibility index (Phi) is 6.09. The molecule has 0 unspecified atom stereocenters. The number of hydrogen-bond acceptors (Lipinski definition) is 5. The van der Waals surface area contributed by atoms with Gasteiger partial charge in [0.25, 0.3) is 5.22 Å². The van der Waals surface area contributed by atoms with Crippen molar-refractivity contribution in [3.63, 3.8) is 0 Å². The maximum Gasteiger partial charge on any atom is 0.276 e. The number of nitrogens with zero attached hydrogens (tertiary/aromatic N) is 2. The number of rotatable bonds is 7. The van der Waals surface area contributed by atoms with Crippen LogP contribution >= 0.6 is 23.4 Å². The van der Waals surface area contributed by atoms with Crippen LogP contribution in [0.1, 0.15) is 17.9 Å². The summed E-state index contributed by atoms with van der Waals surface area (Å²) in [6.07, 6.45) is 0.942. The van der Waals surface area contributed by atoms with Gasteiger partial charge in [-0.25, -0.2) is 0 Å². The number of halogens is 1. The molecule has 7 heteroatoms. The van der Waals surface area contributed by atoms with Gasteiger partial charge in [0, 0.05) is 22.9 Å². The molecule has 0 spiro atoms. The van der Waals surface area contributed by atoms with Gasteiger partial charge in [0.1, 0.15) is 0 Å². The molecule has 0 atom stereocenters. The summed E-state index contributed by atoms with van der Waals surface area (Å²) in [5.74, 6) is 1.04. The summed E-state index contributed by atoms with van der Waals surface area (Å²) in [7, 11) is 0. The quantitative estimate of drug-likeness (QED) is 0.620. The molecular weight excluding hydrogens is 358 g/mol. The van der Waals surface area contributed by atoms with Crippen LogP contribution in [0, 0.1) is 0 Å². The topological polar surface area (TPSA) is 68.0 Å². The number of amides is 1. The number of aromatic nitrogens is 2. The molecule has 0 saturated heterocycles. The van der Waals surface area contributed by atoms with Gasteiger partial charge in [0.2, 0.25) is 11.8 Å². The highest BCUT2D eigenvalue weighted by atomic mass is 35.5. The zero-order valence-corrected chi connectivity index (χ0v) is 14.9. The SMILES string of the molecule is O=C(CCSc1nnc(Cc2ccccc2)o1)Nc1cccc(Cl)c1. The second-order valence-electron chi connectivity index (χ2n) is 5.28. The summed E-state index contributed by atoms with van der Waals surface area (Å²) in [5.41, 5.74) is 1.80. The third kappa shape index (κ3) is 5.62. The smallest absolute Gasteiger partial charge is 0.276 e. The predicted molar refractivity (Wildman–Crippen MR) is 99.0 cm³/mol. The summed E-state index contributed by atoms with van der Waals surface area (Å²) < 4.78 is 5.59. The Morgan fingerprint density at radius 2 is 1.96 bits per heavy atom. The fourth-order valence-corrected chi connectivity index (χ4v) is 3.07. The lowest BCUT2D eigenvalue weighted by Gasteiger charge is -2.04. The first-order valence-electron chi connectivity index (χ1n) is 7.73. The number of carbonyl (C=O) groups excluding carboxylic acids is 1. The summed E-state index contributed by atoms with van der Waals surface area (Å²) in [5, 5.41) is 11.9. The molecule has 1 heterocycles. The Labute approximate surface area is 154 Å². The first-order chi connectivity index (χ1) is 12.2. The van der Waals surface area contributed by atoms with Crippen LogP contribution in [0.25, 0.3) is 0 Å². The zero-order valence-electron chi connectivity index (χ0n) is 13.3. The third-order valence-electron chi connectivity index (χ3n) is 3.31. The first-order valence-corrected chi connectivity index (χ1v) is 9.10. The highest BCUT2D eigenvalue weighted by Gasteiger charge is 2.09. The average molecular weight is 374 g/mol. The van der Waals surface area contributed by atoms with Crippen molar-refractivity contribution in [1.82, 2.24) is 10.2 Å². The van der Waals surface area contributed by atoms with Gasteiger partial charge in [0.05, 0.1) is 6.42 Å². The van der Waals surface area contributed by atoms with E-state index in [9.17, 15) is 4.79 Å². The van der Waals surface area contributed by atoms with E-state index in [4.69, 9.17) is 16.0 Å². The molecule has 2 aromatic carbocycles. The van der Waals surface area contributed by atoms with E-state index in [0.29, 0.717) is 40.4 Å². The summed E-state index contributed by atoms with van der Waals surface area (Å²) in [6.45, 7) is 0. The molecule has 25 heavy (non-hydrogen) atoms. The van der Waals surface area contributed by atoms with Crippen LogP contribution in [0.2, 0.25) is 5.02 Å². The minimum absolute atomic E-state index is 0.0845. The number of benzene rings is 2. The van der Waals surface area contributed by atoms with E-state index in [2.05, 4.69) is 15.5 Å². The molecule has 0 radical (unpaired) electrons. The van der Waals surface area contributed by atoms with Gasteiger partial charge in [0.15, 0.2) is 0 Å². The van der Waals surface area contributed by atoms with Crippen LogP contribution in [0.3, 0.4) is 0 Å². The average Bonchev–Trinajstić information content (AvgIpc) is 3.03. The lowest BCUT2D eigenvalue weighted by molar-refractivity contribution is -0.115. The van der Waals surface area contributed by atoms with E-state index >= 15 is 0 Å². The van der Waals surface area contributed by atoms with Gasteiger partial charge in [-0.15, -0.1) is 10.2 Å². The van der Waals surface area contributed by atoms with Gasteiger partial charge in [-0.05, 0) is 23.8 Å². The molecule has 3 rings (SSSR count). The minimum atomic E-state index is -0.0845. The third-order valence-corrected chi connectivity index (χ3v) is 4.36. The van der Waals surface area contributed by atoms with Crippen LogP contribution in [-0.4, -0.2) is 21.9 Å². The molecule has 0 fully saturated rings. The van der Waals surface area contributed by atoms with Crippen LogP contribution in [0.4, 0.5) is 5.69 Å². The molecule has 0 bridgehead atoms. The molecule has 128 valence electrons. The summed E-state index contributed by atoms with van der Waals surface area (Å²) in [4.78, 5) is 11.9. The number of nitrogens with one attached hydrogen (secondary N) is 1. The number of anilines is 1. The maximum atomic E-state index is 11.9. The highest BCUT2D eigenvalue weighted by molar-refractivity contribution is 7.99. The van der Waals surface area contributed by atoms with Crippen LogP contribution < -0.4 is 5.32 Å². The molecule has 3 aromatic rings. The summed E-state index contributed by atoms with van der Waals surface area (Å²) in [6, 6.07) is 17.0. The second kappa shape index (κ2) is 8.69. The van der Waals surface area contributed by atoms with Crippen molar-refractivity contribution in [3.8, 4) is 0 Å². The van der Waals surface area contributed by atoms with E-state index < -0.39 is 0 Å². The monoisotopic (exact) mass is 373 g/mol. The lowest BCUT2D eigenvalue weighted by atomic mass is 10.2. The second-order valence-corrected chi connectivity index (χ2v) is 6.76. The maximum absolute atomic E-state index is 11.9. The molecule has 0 aliphatic carbocycles. The van der Waals surface area contributed by atoms with E-state index in [0.717, 1.165) is 5.56 Å². The standard InChI is InChI=1S/C18H16ClN3O2S/c19-14-7-4-8-15(12-14)20-16(23)9-10-25-18-22-21-17(24-18)11-13-5-2-1-3-6-13/h1-8,12H,9-11H2,(H,20,23). The Balaban J connectivity index is 1.44. The fraction of sp³-hybridized carbons (Fsp3) is 0.167. The molecule has 0 aliphatic heterocycles. The molecule has 0 saturated carbocycles. The zero-order chi connectivity index (χ0) is 17.5. The van der Waals surface area contributed by atoms with Crippen LogP contribution in [0.15, 0.2) is 64.2 Å². The van der Waals surface area contributed by atoms with Crippen molar-refractivity contribution in [2.24, 2.45) is 0 Å². The fourth-order valence-electron chi connectivity index (χ4n) is 2.16. The van der Waals surface area contributed by atoms with Gasteiger partial charge < -0.3 is 9.73 Å². The lowest BCUT2D eigenvalue weighted by Crippen LogP contribution is -2.12. The molecular formula is C18H16ClN3O2S. The van der Waals surface area contributed by atoms with Gasteiger partial charge in [-0.2, -0.15) is 0 Å². The number of thioether (sulfide) groups is 1. The minimum Gasteiger partial charge on any atom is -0.416 e. The van der Waals surface area contributed by atoms with Crippen molar-refractivity contribution in [2.75, 3.05) is 11.1 Å². The molecule has 1 aromatic heterocycles. The Morgan fingerprint density at radius 3 is 2.76 bits per heavy atom. The Bertz CT molecular complexity index is 839. The normalized spacial score (nSPS) is 10.6. The summed E-state index contributed by atoms with van der Waals surface area (Å²) >= 11 is 7.26. The Hall–Kier alpha value is -2.31. The van der Waals surface area contributed by atoms with Crippen molar-refractivity contribution in [2.45, 2.75) is 18.1 Å². The predicted octanol–water partition coefficient (Wildman–Crippen LogP) is 4.43. The first kappa shape index (κ1) is 17.5. The van der Waals surface area contributed by atoms with Gasteiger partial charge in [-0.3, -0.25) is 4.79 Å². The van der Waals surface area contributed by atoms with Crippen LogP contribution in [0.5, 0.6) is 0 Å². The number of carbonyl (C=O) groups is 1. The van der Waals surface area contributed by atoms with E-state index in [1.54, 1.807) is 24.3 Å². The molecule has 1 amide bonds. The molecule has 0 aliphatic rings. The van der Waals surface area contributed by atoms with Gasteiger partial charge in [-0.1, -0.05) is 59.8 Å². The van der Waals surface area contributed by atoms with E-state index in [1.807, 2.05) is 30.3 Å². The van der Waals surface area contributed by atoms with E-state index in [1.165, 1.54) is 11.8 Å². The van der Waals surface area contributed by atoms with E-state index in [-0.39, 0.29) is 5.91 Å². The van der Waals surface area contributed by atoms with Crippen molar-refractivity contribution < 1.29 is 9.21 Å². The van der Waals surface area contributed by atoms with Gasteiger partial charge >= 0.3 is 0 Å².